The lowest BCUT2D eigenvalue weighted by Gasteiger charge is -2.12. The van der Waals surface area contributed by atoms with Crippen LogP contribution < -0.4 is 5.32 Å². The Morgan fingerprint density at radius 1 is 1.16 bits per heavy atom. The molecule has 0 fully saturated rings. The maximum Gasteiger partial charge on any atom is 0.196 e. The first-order chi connectivity index (χ1) is 9.25. The molecule has 0 spiro atoms. The molecule has 1 atom stereocenters. The molecule has 3 rings (SSSR count). The van der Waals surface area contributed by atoms with Gasteiger partial charge in [0.1, 0.15) is 0 Å². The van der Waals surface area contributed by atoms with E-state index >= 15 is 0 Å². The Kier molecular flexibility index (Phi) is 2.96. The quantitative estimate of drug-likeness (QED) is 0.759. The van der Waals surface area contributed by atoms with Crippen molar-refractivity contribution in [3.05, 3.63) is 35.2 Å². The molecule has 0 aliphatic heterocycles. The summed E-state index contributed by atoms with van der Waals surface area (Å²) in [4.78, 5) is 0. The number of aromatic amines is 1. The highest BCUT2D eigenvalue weighted by atomic mass is 35.5. The molecule has 2 aromatic heterocycles. The lowest BCUT2D eigenvalue weighted by atomic mass is 10.2. The van der Waals surface area contributed by atoms with Crippen molar-refractivity contribution in [2.24, 2.45) is 0 Å². The highest BCUT2D eigenvalue weighted by molar-refractivity contribution is 6.34. The lowest BCUT2D eigenvalue weighted by molar-refractivity contribution is 0.785. The topological polar surface area (TPSA) is 92.3 Å². The molecule has 2 N–H and O–H groups in total. The summed E-state index contributed by atoms with van der Waals surface area (Å²) < 4.78 is 0. The molecule has 0 aliphatic rings. The number of benzene rings is 1. The third-order valence-electron chi connectivity index (χ3n) is 2.74. The Hall–Kier alpha value is -2.28. The van der Waals surface area contributed by atoms with Gasteiger partial charge in [0.15, 0.2) is 16.8 Å². The number of hydrogen-bond acceptors (Lipinski definition) is 6. The average Bonchev–Trinajstić information content (AvgIpc) is 2.96. The first kappa shape index (κ1) is 11.8. The van der Waals surface area contributed by atoms with E-state index in [0.29, 0.717) is 16.8 Å². The standard InChI is InChI=1S/C11H10ClN7/c1-6(10-16-18-19-17-10)13-11-8-5-3-2-4-7(8)9(12)14-15-11/h2-6H,1H3,(H,13,15)(H,16,17,18,19). The van der Waals surface area contributed by atoms with Crippen LogP contribution in [-0.4, -0.2) is 30.8 Å². The van der Waals surface area contributed by atoms with Gasteiger partial charge in [-0.15, -0.1) is 20.4 Å². The van der Waals surface area contributed by atoms with Crippen molar-refractivity contribution in [1.29, 1.82) is 0 Å². The smallest absolute Gasteiger partial charge is 0.196 e. The highest BCUT2D eigenvalue weighted by Gasteiger charge is 2.13. The van der Waals surface area contributed by atoms with Crippen molar-refractivity contribution in [2.45, 2.75) is 13.0 Å². The first-order valence-corrected chi connectivity index (χ1v) is 6.04. The number of fused-ring (bicyclic) bond motifs is 1. The molecule has 0 aliphatic carbocycles. The van der Waals surface area contributed by atoms with Crippen molar-refractivity contribution < 1.29 is 0 Å². The molecule has 0 amide bonds. The van der Waals surface area contributed by atoms with Gasteiger partial charge in [0, 0.05) is 10.8 Å². The van der Waals surface area contributed by atoms with Gasteiger partial charge >= 0.3 is 0 Å². The number of hydrogen-bond donors (Lipinski definition) is 2. The summed E-state index contributed by atoms with van der Waals surface area (Å²) >= 11 is 6.02. The number of aromatic nitrogens is 6. The van der Waals surface area contributed by atoms with Gasteiger partial charge in [-0.05, 0) is 6.92 Å². The van der Waals surface area contributed by atoms with Gasteiger partial charge in [-0.3, -0.25) is 0 Å². The maximum absolute atomic E-state index is 6.02. The van der Waals surface area contributed by atoms with Crippen LogP contribution >= 0.6 is 11.6 Å². The van der Waals surface area contributed by atoms with Crippen LogP contribution in [0.15, 0.2) is 24.3 Å². The van der Waals surface area contributed by atoms with Gasteiger partial charge in [-0.25, -0.2) is 0 Å². The molecular formula is C11H10ClN7. The zero-order valence-electron chi connectivity index (χ0n) is 10.0. The van der Waals surface area contributed by atoms with Crippen molar-refractivity contribution in [3.63, 3.8) is 0 Å². The fraction of sp³-hybridized carbons (Fsp3) is 0.182. The van der Waals surface area contributed by atoms with E-state index in [1.165, 1.54) is 0 Å². The summed E-state index contributed by atoms with van der Waals surface area (Å²) in [5, 5.41) is 27.1. The van der Waals surface area contributed by atoms with Gasteiger partial charge in [0.2, 0.25) is 0 Å². The van der Waals surface area contributed by atoms with Crippen LogP contribution in [0.5, 0.6) is 0 Å². The van der Waals surface area contributed by atoms with Gasteiger partial charge in [0.25, 0.3) is 0 Å². The fourth-order valence-electron chi connectivity index (χ4n) is 1.80. The van der Waals surface area contributed by atoms with Crippen LogP contribution in [0.1, 0.15) is 18.8 Å². The number of tetrazole rings is 1. The van der Waals surface area contributed by atoms with Crippen molar-refractivity contribution in [2.75, 3.05) is 5.32 Å². The number of nitrogens with zero attached hydrogens (tertiary/aromatic N) is 5. The van der Waals surface area contributed by atoms with E-state index < -0.39 is 0 Å². The number of anilines is 1. The molecule has 0 radical (unpaired) electrons. The van der Waals surface area contributed by atoms with Gasteiger partial charge in [-0.1, -0.05) is 41.1 Å². The summed E-state index contributed by atoms with van der Waals surface area (Å²) in [6.45, 7) is 1.91. The maximum atomic E-state index is 6.02. The Balaban J connectivity index is 2.00. The van der Waals surface area contributed by atoms with Gasteiger partial charge < -0.3 is 5.32 Å². The molecule has 7 nitrogen and oxygen atoms in total. The van der Waals surface area contributed by atoms with Gasteiger partial charge in [-0.2, -0.15) is 5.21 Å². The number of halogens is 1. The predicted octanol–water partition coefficient (Wildman–Crippen LogP) is 1.97. The Morgan fingerprint density at radius 3 is 2.68 bits per heavy atom. The third-order valence-corrected chi connectivity index (χ3v) is 3.02. The van der Waals surface area contributed by atoms with E-state index in [2.05, 4.69) is 36.1 Å². The van der Waals surface area contributed by atoms with Gasteiger partial charge in [0.05, 0.1) is 6.04 Å². The minimum absolute atomic E-state index is 0.141. The summed E-state index contributed by atoms with van der Waals surface area (Å²) in [6, 6.07) is 7.52. The largest absolute Gasteiger partial charge is 0.358 e. The second-order valence-electron chi connectivity index (χ2n) is 4.02. The lowest BCUT2D eigenvalue weighted by Crippen LogP contribution is -2.10. The van der Waals surface area contributed by atoms with Crippen LogP contribution in [0.3, 0.4) is 0 Å². The van der Waals surface area contributed by atoms with Crippen LogP contribution in [0.25, 0.3) is 10.8 Å². The molecule has 1 aromatic carbocycles. The van der Waals surface area contributed by atoms with Crippen molar-refractivity contribution >= 4 is 28.2 Å². The molecule has 1 unspecified atom stereocenters. The Morgan fingerprint density at radius 2 is 1.95 bits per heavy atom. The molecule has 96 valence electrons. The zero-order valence-corrected chi connectivity index (χ0v) is 10.8. The van der Waals surface area contributed by atoms with E-state index in [1.54, 1.807) is 0 Å². The molecule has 0 saturated heterocycles. The first-order valence-electron chi connectivity index (χ1n) is 5.66. The number of nitrogens with one attached hydrogen (secondary N) is 2. The average molecular weight is 276 g/mol. The van der Waals surface area contributed by atoms with E-state index in [1.807, 2.05) is 31.2 Å². The molecule has 0 bridgehead atoms. The van der Waals surface area contributed by atoms with E-state index in [-0.39, 0.29) is 6.04 Å². The molecule has 2 heterocycles. The second kappa shape index (κ2) is 4.77. The number of rotatable bonds is 3. The minimum atomic E-state index is -0.141. The third kappa shape index (κ3) is 2.19. The summed E-state index contributed by atoms with van der Waals surface area (Å²) in [5.41, 5.74) is 0. The second-order valence-corrected chi connectivity index (χ2v) is 4.38. The predicted molar refractivity (Wildman–Crippen MR) is 70.8 cm³/mol. The summed E-state index contributed by atoms with van der Waals surface area (Å²) in [5.74, 6) is 1.19. The van der Waals surface area contributed by atoms with Crippen LogP contribution in [-0.2, 0) is 0 Å². The molecular weight excluding hydrogens is 266 g/mol. The van der Waals surface area contributed by atoms with Crippen LogP contribution in [0.2, 0.25) is 5.15 Å². The van der Waals surface area contributed by atoms with Crippen molar-refractivity contribution in [3.8, 4) is 0 Å². The molecule has 8 heteroatoms. The SMILES string of the molecule is CC(Nc1nnc(Cl)c2ccccc12)c1nn[nH]n1. The minimum Gasteiger partial charge on any atom is -0.358 e. The fourth-order valence-corrected chi connectivity index (χ4v) is 2.00. The highest BCUT2D eigenvalue weighted by Crippen LogP contribution is 2.27. The van der Waals surface area contributed by atoms with Crippen LogP contribution in [0.4, 0.5) is 5.82 Å². The summed E-state index contributed by atoms with van der Waals surface area (Å²) in [7, 11) is 0. The zero-order chi connectivity index (χ0) is 13.2. The van der Waals surface area contributed by atoms with Crippen LogP contribution in [0, 0.1) is 0 Å². The van der Waals surface area contributed by atoms with E-state index in [4.69, 9.17) is 11.6 Å². The Bertz CT molecular complexity index is 697. The van der Waals surface area contributed by atoms with E-state index in [0.717, 1.165) is 10.8 Å². The summed E-state index contributed by atoms with van der Waals surface area (Å²) in [6.07, 6.45) is 0. The Labute approximate surface area is 113 Å². The monoisotopic (exact) mass is 275 g/mol. The normalized spacial score (nSPS) is 12.5. The number of H-pyrrole nitrogens is 1. The molecule has 19 heavy (non-hydrogen) atoms. The van der Waals surface area contributed by atoms with Crippen molar-refractivity contribution in [1.82, 2.24) is 30.8 Å². The van der Waals surface area contributed by atoms with E-state index in [9.17, 15) is 0 Å². The molecule has 0 saturated carbocycles. The molecule has 3 aromatic rings.